The number of hydrogen-bond acceptors (Lipinski definition) is 2. The van der Waals surface area contributed by atoms with Crippen LogP contribution in [0.4, 0.5) is 0 Å². The van der Waals surface area contributed by atoms with Crippen molar-refractivity contribution in [3.63, 3.8) is 0 Å². The van der Waals surface area contributed by atoms with Gasteiger partial charge >= 0.3 is 0 Å². The fourth-order valence-electron chi connectivity index (χ4n) is 0.439. The van der Waals surface area contributed by atoms with Gasteiger partial charge in [0.05, 0.1) is 6.07 Å². The van der Waals surface area contributed by atoms with Gasteiger partial charge in [0.15, 0.2) is 0 Å². The number of rotatable bonds is 3. The topological polar surface area (TPSA) is 40.9 Å². The highest BCUT2D eigenvalue weighted by Crippen LogP contribution is 1.99. The van der Waals surface area contributed by atoms with E-state index in [1.54, 1.807) is 6.29 Å². The summed E-state index contributed by atoms with van der Waals surface area (Å²) in [6, 6.07) is 1.83. The molecule has 0 aromatic carbocycles. The molecular formula is C6H8NO. The average Bonchev–Trinajstić information content (AvgIpc) is 1.83. The van der Waals surface area contributed by atoms with Crippen LogP contribution in [0.15, 0.2) is 0 Å². The number of nitrogens with zero attached hydrogens (tertiary/aromatic N) is 1. The maximum absolute atomic E-state index is 9.78. The van der Waals surface area contributed by atoms with E-state index in [-0.39, 0.29) is 0 Å². The zero-order valence-electron chi connectivity index (χ0n) is 4.85. The summed E-state index contributed by atoms with van der Waals surface area (Å²) in [7, 11) is 0. The number of carbonyl (C=O) groups excluding carboxylic acids is 1. The lowest BCUT2D eigenvalue weighted by atomic mass is 10.1. The van der Waals surface area contributed by atoms with E-state index < -0.39 is 5.92 Å². The van der Waals surface area contributed by atoms with Gasteiger partial charge < -0.3 is 0 Å². The Bertz CT molecular complexity index is 104. The van der Waals surface area contributed by atoms with Gasteiger partial charge in [0.1, 0.15) is 5.92 Å². The van der Waals surface area contributed by atoms with Gasteiger partial charge in [0.25, 0.3) is 0 Å². The largest absolute Gasteiger partial charge is 0.289 e. The summed E-state index contributed by atoms with van der Waals surface area (Å²) in [5.74, 6) is -0.500. The molecule has 0 aromatic heterocycles. The molecule has 2 heteroatoms. The zero-order chi connectivity index (χ0) is 6.41. The molecule has 1 radical (unpaired) electrons. The first-order valence-corrected chi connectivity index (χ1v) is 2.62. The Morgan fingerprint density at radius 2 is 2.38 bits per heavy atom. The first-order chi connectivity index (χ1) is 3.85. The third-order valence-corrected chi connectivity index (χ3v) is 0.875. The van der Waals surface area contributed by atoms with Crippen LogP contribution >= 0.6 is 0 Å². The quantitative estimate of drug-likeness (QED) is 0.544. The van der Waals surface area contributed by atoms with Gasteiger partial charge in [-0.25, -0.2) is 0 Å². The molecule has 0 rings (SSSR count). The highest BCUT2D eigenvalue weighted by Gasteiger charge is 2.02. The molecule has 0 saturated carbocycles. The monoisotopic (exact) mass is 110 g/mol. The van der Waals surface area contributed by atoms with Gasteiger partial charge in [-0.3, -0.25) is 4.79 Å². The van der Waals surface area contributed by atoms with E-state index in [0.29, 0.717) is 6.42 Å². The molecule has 0 aliphatic carbocycles. The molecule has 0 aliphatic rings. The van der Waals surface area contributed by atoms with Crippen molar-refractivity contribution in [2.24, 2.45) is 5.92 Å². The van der Waals surface area contributed by atoms with Crippen LogP contribution in [0.3, 0.4) is 0 Å². The van der Waals surface area contributed by atoms with Crippen LogP contribution in [0.25, 0.3) is 0 Å². The number of nitriles is 1. The molecule has 1 unspecified atom stereocenters. The van der Waals surface area contributed by atoms with Gasteiger partial charge in [-0.2, -0.15) is 5.26 Å². The molecule has 0 amide bonds. The predicted octanol–water partition coefficient (Wildman–Crippen LogP) is 1.04. The normalized spacial score (nSPS) is 12.0. The third kappa shape index (κ3) is 2.35. The summed E-state index contributed by atoms with van der Waals surface area (Å²) in [4.78, 5) is 9.78. The summed E-state index contributed by atoms with van der Waals surface area (Å²) < 4.78 is 0. The second kappa shape index (κ2) is 4.32. The van der Waals surface area contributed by atoms with E-state index in [0.717, 1.165) is 6.42 Å². The molecule has 0 heterocycles. The SMILES string of the molecule is CCCC([C]=O)C#N. The Kier molecular flexibility index (Phi) is 3.87. The van der Waals surface area contributed by atoms with Gasteiger partial charge in [-0.1, -0.05) is 13.3 Å². The fourth-order valence-corrected chi connectivity index (χ4v) is 0.439. The third-order valence-electron chi connectivity index (χ3n) is 0.875. The maximum atomic E-state index is 9.78. The van der Waals surface area contributed by atoms with Crippen LogP contribution in [0, 0.1) is 17.2 Å². The minimum Gasteiger partial charge on any atom is -0.289 e. The Morgan fingerprint density at radius 1 is 1.75 bits per heavy atom. The summed E-state index contributed by atoms with van der Waals surface area (Å²) in [5, 5.41) is 8.14. The Balaban J connectivity index is 3.40. The van der Waals surface area contributed by atoms with Gasteiger partial charge in [0.2, 0.25) is 6.29 Å². The standard InChI is InChI=1S/C6H8NO/c1-2-3-6(4-7)5-8/h6H,2-3H2,1H3. The second-order valence-corrected chi connectivity index (χ2v) is 1.59. The highest BCUT2D eigenvalue weighted by molar-refractivity contribution is 5.58. The van der Waals surface area contributed by atoms with E-state index in [9.17, 15) is 4.79 Å². The van der Waals surface area contributed by atoms with E-state index in [1.807, 2.05) is 13.0 Å². The van der Waals surface area contributed by atoms with Crippen molar-refractivity contribution in [1.82, 2.24) is 0 Å². The van der Waals surface area contributed by atoms with E-state index in [2.05, 4.69) is 0 Å². The molecular weight excluding hydrogens is 102 g/mol. The molecule has 0 fully saturated rings. The minimum atomic E-state index is -0.500. The molecule has 0 N–H and O–H groups in total. The smallest absolute Gasteiger partial charge is 0.216 e. The van der Waals surface area contributed by atoms with Crippen molar-refractivity contribution in [2.75, 3.05) is 0 Å². The molecule has 0 aliphatic heterocycles. The highest BCUT2D eigenvalue weighted by atomic mass is 16.1. The lowest BCUT2D eigenvalue weighted by molar-refractivity contribution is 0.532. The van der Waals surface area contributed by atoms with Crippen molar-refractivity contribution in [1.29, 1.82) is 5.26 Å². The maximum Gasteiger partial charge on any atom is 0.216 e. The van der Waals surface area contributed by atoms with Crippen LogP contribution in [0.1, 0.15) is 19.8 Å². The van der Waals surface area contributed by atoms with Gasteiger partial charge in [-0.15, -0.1) is 0 Å². The van der Waals surface area contributed by atoms with Crippen molar-refractivity contribution in [3.8, 4) is 6.07 Å². The first-order valence-electron chi connectivity index (χ1n) is 2.62. The number of hydrogen-bond donors (Lipinski definition) is 0. The molecule has 43 valence electrons. The second-order valence-electron chi connectivity index (χ2n) is 1.59. The van der Waals surface area contributed by atoms with Crippen LogP contribution < -0.4 is 0 Å². The van der Waals surface area contributed by atoms with Crippen molar-refractivity contribution in [2.45, 2.75) is 19.8 Å². The molecule has 2 nitrogen and oxygen atoms in total. The molecule has 0 saturated heterocycles. The van der Waals surface area contributed by atoms with Crippen LogP contribution in [-0.4, -0.2) is 6.29 Å². The lowest BCUT2D eigenvalue weighted by Gasteiger charge is -1.90. The molecule has 0 spiro atoms. The fraction of sp³-hybridized carbons (Fsp3) is 0.667. The van der Waals surface area contributed by atoms with Crippen molar-refractivity contribution in [3.05, 3.63) is 0 Å². The first kappa shape index (κ1) is 7.16. The Hall–Kier alpha value is -0.840. The summed E-state index contributed by atoms with van der Waals surface area (Å²) in [6.45, 7) is 1.93. The summed E-state index contributed by atoms with van der Waals surface area (Å²) >= 11 is 0. The minimum absolute atomic E-state index is 0.500. The zero-order valence-corrected chi connectivity index (χ0v) is 4.85. The molecule has 1 atom stereocenters. The summed E-state index contributed by atoms with van der Waals surface area (Å²) in [6.07, 6.45) is 3.15. The van der Waals surface area contributed by atoms with Crippen LogP contribution in [0.2, 0.25) is 0 Å². The average molecular weight is 110 g/mol. The van der Waals surface area contributed by atoms with E-state index in [4.69, 9.17) is 5.26 Å². The molecule has 0 aromatic rings. The molecule has 8 heavy (non-hydrogen) atoms. The lowest BCUT2D eigenvalue weighted by Crippen LogP contribution is -1.95. The Morgan fingerprint density at radius 3 is 2.50 bits per heavy atom. The van der Waals surface area contributed by atoms with Crippen LogP contribution in [0.5, 0.6) is 0 Å². The van der Waals surface area contributed by atoms with Gasteiger partial charge in [0, 0.05) is 0 Å². The Labute approximate surface area is 49.1 Å². The van der Waals surface area contributed by atoms with Crippen LogP contribution in [-0.2, 0) is 4.79 Å². The van der Waals surface area contributed by atoms with E-state index >= 15 is 0 Å². The molecule has 0 bridgehead atoms. The van der Waals surface area contributed by atoms with Crippen molar-refractivity contribution >= 4 is 6.29 Å². The van der Waals surface area contributed by atoms with Gasteiger partial charge in [-0.05, 0) is 6.42 Å². The van der Waals surface area contributed by atoms with Crippen molar-refractivity contribution < 1.29 is 4.79 Å². The predicted molar refractivity (Wildman–Crippen MR) is 29.7 cm³/mol. The summed E-state index contributed by atoms with van der Waals surface area (Å²) in [5.41, 5.74) is 0. The van der Waals surface area contributed by atoms with E-state index in [1.165, 1.54) is 0 Å².